The molecule has 0 amide bonds. The van der Waals surface area contributed by atoms with Crippen LogP contribution in [0.1, 0.15) is 11.1 Å². The molecule has 0 saturated heterocycles. The second kappa shape index (κ2) is 10.0. The van der Waals surface area contributed by atoms with Crippen LogP contribution in [-0.4, -0.2) is 0 Å². The van der Waals surface area contributed by atoms with Crippen molar-refractivity contribution in [3.8, 4) is 56.6 Å². The minimum Gasteiger partial charge on any atom is -0.455 e. The quantitative estimate of drug-likeness (QED) is 0.231. The number of nitrogens with zero attached hydrogens (tertiary/aromatic N) is 2. The van der Waals surface area contributed by atoms with Crippen LogP contribution in [0.15, 0.2) is 138 Å². The zero-order valence-electron chi connectivity index (χ0n) is 22.0. The number of nitriles is 2. The Morgan fingerprint density at radius 3 is 1.12 bits per heavy atom. The number of furan rings is 1. The first-order valence-corrected chi connectivity index (χ1v) is 13.4. The smallest absolute Gasteiger partial charge is 0.143 e. The maximum absolute atomic E-state index is 9.25. The monoisotopic (exact) mass is 522 g/mol. The number of hydrogen-bond acceptors (Lipinski definition) is 3. The second-order valence-electron chi connectivity index (χ2n) is 9.94. The van der Waals surface area contributed by atoms with Gasteiger partial charge in [-0.15, -0.1) is 0 Å². The van der Waals surface area contributed by atoms with Crippen LogP contribution in [0.25, 0.3) is 66.4 Å². The number of fused-ring (bicyclic) bond motifs is 3. The van der Waals surface area contributed by atoms with Gasteiger partial charge in [0.05, 0.1) is 23.3 Å². The van der Waals surface area contributed by atoms with Crippen LogP contribution in [0.5, 0.6) is 0 Å². The second-order valence-corrected chi connectivity index (χ2v) is 9.94. The molecule has 190 valence electrons. The van der Waals surface area contributed by atoms with E-state index in [9.17, 15) is 10.5 Å². The third-order valence-electron chi connectivity index (χ3n) is 7.61. The Hall–Kier alpha value is -5.90. The van der Waals surface area contributed by atoms with Gasteiger partial charge in [-0.05, 0) is 57.6 Å². The predicted molar refractivity (Wildman–Crippen MR) is 165 cm³/mol. The molecular formula is C38H22N2O. The summed E-state index contributed by atoms with van der Waals surface area (Å²) >= 11 is 0. The molecule has 1 aromatic heterocycles. The average Bonchev–Trinajstić information content (AvgIpc) is 3.44. The van der Waals surface area contributed by atoms with Crippen LogP contribution < -0.4 is 0 Å². The summed E-state index contributed by atoms with van der Waals surface area (Å²) in [5, 5.41) is 20.6. The fourth-order valence-corrected chi connectivity index (χ4v) is 5.63. The molecular weight excluding hydrogens is 500 g/mol. The van der Waals surface area contributed by atoms with Crippen LogP contribution in [0.3, 0.4) is 0 Å². The van der Waals surface area contributed by atoms with Crippen LogP contribution in [0, 0.1) is 22.7 Å². The van der Waals surface area contributed by atoms with Gasteiger partial charge in [0.2, 0.25) is 0 Å². The first kappa shape index (κ1) is 24.2. The first-order valence-electron chi connectivity index (χ1n) is 13.4. The number of rotatable bonds is 4. The maximum atomic E-state index is 9.25. The molecule has 0 N–H and O–H groups in total. The molecule has 0 bridgehead atoms. The summed E-state index contributed by atoms with van der Waals surface area (Å²) in [6.07, 6.45) is 0. The minimum atomic E-state index is 0.638. The van der Waals surface area contributed by atoms with E-state index in [1.54, 1.807) is 0 Å². The molecule has 7 aromatic rings. The number of hydrogen-bond donors (Lipinski definition) is 0. The van der Waals surface area contributed by atoms with E-state index in [2.05, 4.69) is 72.8 Å². The largest absolute Gasteiger partial charge is 0.455 e. The van der Waals surface area contributed by atoms with Crippen molar-refractivity contribution >= 4 is 21.9 Å². The van der Waals surface area contributed by atoms with Gasteiger partial charge in [-0.25, -0.2) is 0 Å². The lowest BCUT2D eigenvalue weighted by molar-refractivity contribution is 0.671. The normalized spacial score (nSPS) is 10.9. The molecule has 7 rings (SSSR count). The van der Waals surface area contributed by atoms with Crippen molar-refractivity contribution in [2.24, 2.45) is 0 Å². The Morgan fingerprint density at radius 1 is 0.366 bits per heavy atom. The molecule has 0 atom stereocenters. The van der Waals surface area contributed by atoms with Gasteiger partial charge in [0, 0.05) is 21.9 Å². The standard InChI is InChI=1S/C38H22N2O/c39-23-25-15-19-27(20-16-25)29-7-1-3-9-31(29)33-11-5-13-35-36-14-6-12-34(38(36)41-37(33)35)32-10-4-2-8-30(32)28-21-17-26(24-40)18-22-28/h1-22H. The van der Waals surface area contributed by atoms with Crippen LogP contribution in [0.2, 0.25) is 0 Å². The Labute approximate surface area is 237 Å². The fraction of sp³-hybridized carbons (Fsp3) is 0. The summed E-state index contributed by atoms with van der Waals surface area (Å²) in [5.74, 6) is 0. The Bertz CT molecular complexity index is 2000. The Morgan fingerprint density at radius 2 is 0.732 bits per heavy atom. The highest BCUT2D eigenvalue weighted by atomic mass is 16.3. The van der Waals surface area contributed by atoms with E-state index in [1.807, 2.05) is 72.8 Å². The van der Waals surface area contributed by atoms with Crippen molar-refractivity contribution in [1.29, 1.82) is 10.5 Å². The minimum absolute atomic E-state index is 0.638. The summed E-state index contributed by atoms with van der Waals surface area (Å²) in [7, 11) is 0. The molecule has 0 aliphatic heterocycles. The number of benzene rings is 6. The molecule has 41 heavy (non-hydrogen) atoms. The molecule has 0 fully saturated rings. The van der Waals surface area contributed by atoms with E-state index in [0.717, 1.165) is 66.4 Å². The molecule has 3 heteroatoms. The fourth-order valence-electron chi connectivity index (χ4n) is 5.63. The lowest BCUT2D eigenvalue weighted by Crippen LogP contribution is -1.86. The van der Waals surface area contributed by atoms with Crippen molar-refractivity contribution in [3.63, 3.8) is 0 Å². The summed E-state index contributed by atoms with van der Waals surface area (Å²) < 4.78 is 6.79. The van der Waals surface area contributed by atoms with E-state index in [-0.39, 0.29) is 0 Å². The van der Waals surface area contributed by atoms with E-state index < -0.39 is 0 Å². The van der Waals surface area contributed by atoms with Gasteiger partial charge in [0.15, 0.2) is 0 Å². The first-order chi connectivity index (χ1) is 20.2. The lowest BCUT2D eigenvalue weighted by Gasteiger charge is -2.11. The maximum Gasteiger partial charge on any atom is 0.143 e. The zero-order chi connectivity index (χ0) is 27.8. The van der Waals surface area contributed by atoms with Gasteiger partial charge in [-0.1, -0.05) is 109 Å². The van der Waals surface area contributed by atoms with Crippen molar-refractivity contribution < 1.29 is 4.42 Å². The summed E-state index contributed by atoms with van der Waals surface area (Å²) in [4.78, 5) is 0. The van der Waals surface area contributed by atoms with Crippen LogP contribution in [-0.2, 0) is 0 Å². The van der Waals surface area contributed by atoms with Crippen molar-refractivity contribution in [2.45, 2.75) is 0 Å². The summed E-state index contributed by atoms with van der Waals surface area (Å²) in [5.41, 5.74) is 11.4. The van der Waals surface area contributed by atoms with Crippen molar-refractivity contribution in [2.75, 3.05) is 0 Å². The van der Waals surface area contributed by atoms with Gasteiger partial charge in [-0.2, -0.15) is 10.5 Å². The Balaban J connectivity index is 1.43. The molecule has 0 aliphatic rings. The Kier molecular flexibility index (Phi) is 5.90. The molecule has 1 heterocycles. The molecule has 6 aromatic carbocycles. The molecule has 0 radical (unpaired) electrons. The topological polar surface area (TPSA) is 60.7 Å². The molecule has 3 nitrogen and oxygen atoms in total. The third kappa shape index (κ3) is 4.14. The van der Waals surface area contributed by atoms with Gasteiger partial charge >= 0.3 is 0 Å². The third-order valence-corrected chi connectivity index (χ3v) is 7.61. The highest BCUT2D eigenvalue weighted by Gasteiger charge is 2.19. The molecule has 0 saturated carbocycles. The van der Waals surface area contributed by atoms with E-state index >= 15 is 0 Å². The highest BCUT2D eigenvalue weighted by Crippen LogP contribution is 2.43. The zero-order valence-corrected chi connectivity index (χ0v) is 22.0. The molecule has 0 spiro atoms. The van der Waals surface area contributed by atoms with E-state index in [1.165, 1.54) is 0 Å². The van der Waals surface area contributed by atoms with Crippen molar-refractivity contribution in [3.05, 3.63) is 145 Å². The van der Waals surface area contributed by atoms with Gasteiger partial charge in [0.25, 0.3) is 0 Å². The lowest BCUT2D eigenvalue weighted by atomic mass is 9.92. The molecule has 0 unspecified atom stereocenters. The van der Waals surface area contributed by atoms with E-state index in [4.69, 9.17) is 4.42 Å². The van der Waals surface area contributed by atoms with Crippen LogP contribution >= 0.6 is 0 Å². The van der Waals surface area contributed by atoms with Crippen molar-refractivity contribution in [1.82, 2.24) is 0 Å². The van der Waals surface area contributed by atoms with Gasteiger partial charge in [-0.3, -0.25) is 0 Å². The number of para-hydroxylation sites is 2. The predicted octanol–water partition coefficient (Wildman–Crippen LogP) is 10.00. The molecule has 0 aliphatic carbocycles. The highest BCUT2D eigenvalue weighted by molar-refractivity contribution is 6.14. The SMILES string of the molecule is N#Cc1ccc(-c2ccccc2-c2cccc3c2oc2c(-c4ccccc4-c4ccc(C#N)cc4)cccc23)cc1. The van der Waals surface area contributed by atoms with Crippen LogP contribution in [0.4, 0.5) is 0 Å². The summed E-state index contributed by atoms with van der Waals surface area (Å²) in [6.45, 7) is 0. The summed E-state index contributed by atoms with van der Waals surface area (Å²) in [6, 6.07) is 49.0. The van der Waals surface area contributed by atoms with Gasteiger partial charge < -0.3 is 4.42 Å². The van der Waals surface area contributed by atoms with E-state index in [0.29, 0.717) is 11.1 Å². The average molecular weight is 523 g/mol. The van der Waals surface area contributed by atoms with Gasteiger partial charge in [0.1, 0.15) is 11.2 Å².